The fourth-order valence-electron chi connectivity index (χ4n) is 2.21. The number of H-pyrrole nitrogens is 1. The molecule has 1 aromatic carbocycles. The number of carbonyl (C=O) groups excluding carboxylic acids is 1. The zero-order chi connectivity index (χ0) is 15.0. The van der Waals surface area contributed by atoms with Crippen molar-refractivity contribution in [2.75, 3.05) is 12.8 Å². The van der Waals surface area contributed by atoms with Gasteiger partial charge in [0, 0.05) is 28.5 Å². The van der Waals surface area contributed by atoms with Crippen LogP contribution in [0.15, 0.2) is 36.4 Å². The molecule has 0 fully saturated rings. The Morgan fingerprint density at radius 1 is 1.33 bits per heavy atom. The van der Waals surface area contributed by atoms with Gasteiger partial charge in [-0.3, -0.25) is 4.79 Å². The summed E-state index contributed by atoms with van der Waals surface area (Å²) < 4.78 is 0.729. The highest BCUT2D eigenvalue weighted by Crippen LogP contribution is 2.23. The molecular weight excluding hydrogens is 306 g/mol. The number of nitrogens with zero attached hydrogens (tertiary/aromatic N) is 1. The number of nitrogens with two attached hydrogens (primary N) is 1. The molecule has 0 radical (unpaired) electrons. The van der Waals surface area contributed by atoms with Crippen LogP contribution in [0.3, 0.4) is 0 Å². The highest BCUT2D eigenvalue weighted by atomic mass is 35.5. The molecular formula is C15H14ClN3OS. The van der Waals surface area contributed by atoms with Crippen molar-refractivity contribution in [3.05, 3.63) is 51.3 Å². The first-order valence-electron chi connectivity index (χ1n) is 6.41. The number of nitrogens with one attached hydrogen (secondary N) is 1. The molecule has 2 aromatic heterocycles. The van der Waals surface area contributed by atoms with Gasteiger partial charge in [0.2, 0.25) is 0 Å². The Morgan fingerprint density at radius 3 is 2.86 bits per heavy atom. The molecule has 21 heavy (non-hydrogen) atoms. The number of benzene rings is 1. The van der Waals surface area contributed by atoms with Gasteiger partial charge in [-0.25, -0.2) is 0 Å². The topological polar surface area (TPSA) is 62.1 Å². The van der Waals surface area contributed by atoms with Crippen LogP contribution in [0.25, 0.3) is 10.9 Å². The van der Waals surface area contributed by atoms with Gasteiger partial charge in [0.05, 0.1) is 10.9 Å². The Hall–Kier alpha value is -1.98. The molecule has 0 saturated carbocycles. The van der Waals surface area contributed by atoms with Crippen LogP contribution in [0.2, 0.25) is 4.34 Å². The number of hydrogen-bond acceptors (Lipinski definition) is 3. The van der Waals surface area contributed by atoms with E-state index >= 15 is 0 Å². The maximum absolute atomic E-state index is 12.4. The van der Waals surface area contributed by atoms with Gasteiger partial charge in [-0.1, -0.05) is 11.6 Å². The molecule has 0 aliphatic carbocycles. The molecule has 3 N–H and O–H groups in total. The van der Waals surface area contributed by atoms with E-state index in [4.69, 9.17) is 17.3 Å². The van der Waals surface area contributed by atoms with Gasteiger partial charge >= 0.3 is 0 Å². The minimum atomic E-state index is -0.0608. The lowest BCUT2D eigenvalue weighted by molar-refractivity contribution is 0.0781. The van der Waals surface area contributed by atoms with Gasteiger partial charge < -0.3 is 15.6 Å². The summed E-state index contributed by atoms with van der Waals surface area (Å²) in [5, 5.41) is 0.936. The number of rotatable bonds is 3. The van der Waals surface area contributed by atoms with E-state index in [2.05, 4.69) is 4.98 Å². The number of aromatic amines is 1. The average Bonchev–Trinajstić information content (AvgIpc) is 3.03. The van der Waals surface area contributed by atoms with Crippen LogP contribution in [0.4, 0.5) is 5.69 Å². The summed E-state index contributed by atoms with van der Waals surface area (Å²) in [5.41, 5.74) is 7.89. The third-order valence-corrected chi connectivity index (χ3v) is 4.46. The first-order chi connectivity index (χ1) is 10.0. The summed E-state index contributed by atoms with van der Waals surface area (Å²) in [6, 6.07) is 11.1. The SMILES string of the molecule is CN(Cc1ccc(Cl)s1)C(=O)c1cc2cc(N)ccc2[nH]1. The number of anilines is 1. The Bertz CT molecular complexity index is 808. The second-order valence-corrected chi connectivity index (χ2v) is 6.70. The fourth-order valence-corrected chi connectivity index (χ4v) is 3.36. The van der Waals surface area contributed by atoms with Crippen LogP contribution in [0, 0.1) is 0 Å². The van der Waals surface area contributed by atoms with Crippen molar-refractivity contribution >= 4 is 45.4 Å². The number of hydrogen-bond donors (Lipinski definition) is 2. The molecule has 4 nitrogen and oxygen atoms in total. The van der Waals surface area contributed by atoms with Crippen molar-refractivity contribution in [1.82, 2.24) is 9.88 Å². The molecule has 0 saturated heterocycles. The van der Waals surface area contributed by atoms with Crippen LogP contribution < -0.4 is 5.73 Å². The molecule has 0 unspecified atom stereocenters. The molecule has 2 heterocycles. The third-order valence-electron chi connectivity index (χ3n) is 3.24. The summed E-state index contributed by atoms with van der Waals surface area (Å²) in [7, 11) is 1.77. The van der Waals surface area contributed by atoms with Crippen LogP contribution in [-0.2, 0) is 6.54 Å². The highest BCUT2D eigenvalue weighted by molar-refractivity contribution is 7.16. The lowest BCUT2D eigenvalue weighted by atomic mass is 10.2. The van der Waals surface area contributed by atoms with Gasteiger partial charge in [0.1, 0.15) is 5.69 Å². The van der Waals surface area contributed by atoms with Crippen LogP contribution in [0.1, 0.15) is 15.4 Å². The number of nitrogen functional groups attached to an aromatic ring is 1. The summed E-state index contributed by atoms with van der Waals surface area (Å²) in [4.78, 5) is 18.3. The average molecular weight is 320 g/mol. The van der Waals surface area contributed by atoms with Gasteiger partial charge in [-0.15, -0.1) is 11.3 Å². The Kier molecular flexibility index (Phi) is 3.61. The number of aromatic nitrogens is 1. The summed E-state index contributed by atoms with van der Waals surface area (Å²) in [6.45, 7) is 0.535. The van der Waals surface area contributed by atoms with Gasteiger partial charge in [-0.05, 0) is 36.4 Å². The number of carbonyl (C=O) groups is 1. The molecule has 0 aliphatic rings. The number of thiophene rings is 1. The van der Waals surface area contributed by atoms with Crippen LogP contribution in [-0.4, -0.2) is 22.8 Å². The predicted octanol–water partition coefficient (Wildman–Crippen LogP) is 3.74. The van der Waals surface area contributed by atoms with E-state index < -0.39 is 0 Å². The maximum Gasteiger partial charge on any atom is 0.270 e. The quantitative estimate of drug-likeness (QED) is 0.722. The second-order valence-electron chi connectivity index (χ2n) is 4.90. The summed E-state index contributed by atoms with van der Waals surface area (Å²) >= 11 is 7.39. The van der Waals surface area contributed by atoms with Crippen molar-refractivity contribution < 1.29 is 4.79 Å². The van der Waals surface area contributed by atoms with E-state index in [0.717, 1.165) is 20.1 Å². The smallest absolute Gasteiger partial charge is 0.270 e. The number of amides is 1. The zero-order valence-electron chi connectivity index (χ0n) is 11.4. The maximum atomic E-state index is 12.4. The molecule has 0 atom stereocenters. The van der Waals surface area contributed by atoms with Crippen molar-refractivity contribution in [2.24, 2.45) is 0 Å². The van der Waals surface area contributed by atoms with E-state index in [1.807, 2.05) is 36.4 Å². The largest absolute Gasteiger partial charge is 0.399 e. The van der Waals surface area contributed by atoms with E-state index in [1.165, 1.54) is 11.3 Å². The standard InChI is InChI=1S/C15H14ClN3OS/c1-19(8-11-3-5-14(16)21-11)15(20)13-7-9-6-10(17)2-4-12(9)18-13/h2-7,18H,8,17H2,1H3. The number of halogens is 1. The fraction of sp³-hybridized carbons (Fsp3) is 0.133. The first kappa shape index (κ1) is 14.0. The molecule has 0 bridgehead atoms. The van der Waals surface area contributed by atoms with Gasteiger partial charge in [0.15, 0.2) is 0 Å². The van der Waals surface area contributed by atoms with E-state index in [9.17, 15) is 4.79 Å². The summed E-state index contributed by atoms with van der Waals surface area (Å²) in [5.74, 6) is -0.0608. The molecule has 3 rings (SSSR count). The molecule has 108 valence electrons. The minimum Gasteiger partial charge on any atom is -0.399 e. The van der Waals surface area contributed by atoms with Gasteiger partial charge in [-0.2, -0.15) is 0 Å². The number of fused-ring (bicyclic) bond motifs is 1. The monoisotopic (exact) mass is 319 g/mol. The van der Waals surface area contributed by atoms with Crippen molar-refractivity contribution in [3.8, 4) is 0 Å². The third kappa shape index (κ3) is 2.89. The molecule has 0 spiro atoms. The van der Waals surface area contributed by atoms with Crippen molar-refractivity contribution in [3.63, 3.8) is 0 Å². The van der Waals surface area contributed by atoms with E-state index in [0.29, 0.717) is 17.9 Å². The summed E-state index contributed by atoms with van der Waals surface area (Å²) in [6.07, 6.45) is 0. The van der Waals surface area contributed by atoms with Crippen LogP contribution >= 0.6 is 22.9 Å². The lowest BCUT2D eigenvalue weighted by Crippen LogP contribution is -2.26. The first-order valence-corrected chi connectivity index (χ1v) is 7.60. The van der Waals surface area contributed by atoms with Crippen molar-refractivity contribution in [1.29, 1.82) is 0 Å². The normalized spacial score (nSPS) is 11.0. The van der Waals surface area contributed by atoms with E-state index in [1.54, 1.807) is 11.9 Å². The lowest BCUT2D eigenvalue weighted by Gasteiger charge is -2.14. The Labute approximate surface area is 131 Å². The van der Waals surface area contributed by atoms with Crippen LogP contribution in [0.5, 0.6) is 0 Å². The molecule has 3 aromatic rings. The second kappa shape index (κ2) is 5.42. The Morgan fingerprint density at radius 2 is 2.14 bits per heavy atom. The zero-order valence-corrected chi connectivity index (χ0v) is 13.0. The van der Waals surface area contributed by atoms with Crippen molar-refractivity contribution in [2.45, 2.75) is 6.54 Å². The minimum absolute atomic E-state index is 0.0608. The predicted molar refractivity (Wildman–Crippen MR) is 87.8 cm³/mol. The van der Waals surface area contributed by atoms with Gasteiger partial charge in [0.25, 0.3) is 5.91 Å². The molecule has 0 aliphatic heterocycles. The molecule has 6 heteroatoms. The van der Waals surface area contributed by atoms with E-state index in [-0.39, 0.29) is 5.91 Å². The molecule has 1 amide bonds. The Balaban J connectivity index is 1.82. The highest BCUT2D eigenvalue weighted by Gasteiger charge is 2.15.